The minimum absolute atomic E-state index is 0.0149. The third kappa shape index (κ3) is 1.60. The van der Waals surface area contributed by atoms with Gasteiger partial charge < -0.3 is 4.90 Å². The minimum Gasteiger partial charge on any atom is -0.357 e. The van der Waals surface area contributed by atoms with Crippen LogP contribution in [0.1, 0.15) is 5.56 Å². The molecule has 0 N–H and O–H groups in total. The molecule has 0 aromatic heterocycles. The van der Waals surface area contributed by atoms with Crippen molar-refractivity contribution in [2.75, 3.05) is 7.05 Å². The maximum Gasteiger partial charge on any atom is 0.275 e. The fraction of sp³-hybridized carbons (Fsp3) is 0.143. The first-order chi connectivity index (χ1) is 8.25. The largest absolute Gasteiger partial charge is 0.357 e. The monoisotopic (exact) mass is 224 g/mol. The van der Waals surface area contributed by atoms with Crippen molar-refractivity contribution < 1.29 is 4.79 Å². The van der Waals surface area contributed by atoms with Crippen LogP contribution < -0.4 is 0 Å². The Kier molecular flexibility index (Phi) is 2.18. The van der Waals surface area contributed by atoms with Crippen LogP contribution in [-0.4, -0.2) is 23.6 Å². The van der Waals surface area contributed by atoms with E-state index in [1.165, 1.54) is 0 Å². The standard InChI is InChI=1S/C14H12N2O/c1-16-8-7-11-12(9-16)14(17)15-13(11)10-5-3-2-4-6-10/h2-9,11H,1H3. The smallest absolute Gasteiger partial charge is 0.275 e. The highest BCUT2D eigenvalue weighted by Crippen LogP contribution is 2.30. The van der Waals surface area contributed by atoms with E-state index >= 15 is 0 Å². The number of allylic oxidation sites excluding steroid dienone is 1. The summed E-state index contributed by atoms with van der Waals surface area (Å²) >= 11 is 0. The van der Waals surface area contributed by atoms with E-state index in [9.17, 15) is 4.79 Å². The average Bonchev–Trinajstić information content (AvgIpc) is 2.68. The number of aliphatic imine (C=N–C) groups is 1. The van der Waals surface area contributed by atoms with E-state index in [1.807, 2.05) is 60.8 Å². The van der Waals surface area contributed by atoms with Crippen LogP contribution in [0.25, 0.3) is 0 Å². The highest BCUT2D eigenvalue weighted by atomic mass is 16.1. The Morgan fingerprint density at radius 1 is 1.24 bits per heavy atom. The summed E-state index contributed by atoms with van der Waals surface area (Å²) < 4.78 is 0. The van der Waals surface area contributed by atoms with Crippen LogP contribution in [0, 0.1) is 5.92 Å². The van der Waals surface area contributed by atoms with Crippen molar-refractivity contribution in [3.63, 3.8) is 0 Å². The Labute approximate surface area is 99.8 Å². The van der Waals surface area contributed by atoms with Crippen LogP contribution >= 0.6 is 0 Å². The first-order valence-electron chi connectivity index (χ1n) is 5.56. The zero-order chi connectivity index (χ0) is 11.8. The summed E-state index contributed by atoms with van der Waals surface area (Å²) in [4.78, 5) is 17.9. The van der Waals surface area contributed by atoms with Crippen molar-refractivity contribution >= 4 is 11.6 Å². The van der Waals surface area contributed by atoms with E-state index in [0.29, 0.717) is 0 Å². The lowest BCUT2D eigenvalue weighted by Gasteiger charge is -2.19. The highest BCUT2D eigenvalue weighted by molar-refractivity contribution is 6.21. The molecule has 0 saturated carbocycles. The molecule has 0 radical (unpaired) electrons. The van der Waals surface area contributed by atoms with Gasteiger partial charge in [-0.3, -0.25) is 4.79 Å². The molecule has 0 spiro atoms. The summed E-state index contributed by atoms with van der Waals surface area (Å²) in [6.45, 7) is 0. The van der Waals surface area contributed by atoms with Gasteiger partial charge in [0, 0.05) is 25.0 Å². The summed E-state index contributed by atoms with van der Waals surface area (Å²) in [5.74, 6) is -0.105. The van der Waals surface area contributed by atoms with E-state index in [0.717, 1.165) is 16.8 Å². The lowest BCUT2D eigenvalue weighted by Crippen LogP contribution is -2.18. The first-order valence-corrected chi connectivity index (χ1v) is 5.56. The summed E-state index contributed by atoms with van der Waals surface area (Å²) in [5.41, 5.74) is 2.63. The van der Waals surface area contributed by atoms with E-state index in [4.69, 9.17) is 0 Å². The van der Waals surface area contributed by atoms with Crippen molar-refractivity contribution in [1.29, 1.82) is 0 Å². The molecule has 3 heteroatoms. The number of fused-ring (bicyclic) bond motifs is 1. The van der Waals surface area contributed by atoms with Crippen molar-refractivity contribution in [3.05, 3.63) is 59.9 Å². The number of amides is 1. The molecule has 2 heterocycles. The fourth-order valence-electron chi connectivity index (χ4n) is 2.19. The fourth-order valence-corrected chi connectivity index (χ4v) is 2.19. The molecule has 1 aromatic rings. The number of benzene rings is 1. The van der Waals surface area contributed by atoms with E-state index in [-0.39, 0.29) is 11.8 Å². The molecule has 1 atom stereocenters. The Morgan fingerprint density at radius 3 is 2.76 bits per heavy atom. The maximum absolute atomic E-state index is 11.8. The quantitative estimate of drug-likeness (QED) is 0.730. The molecule has 1 unspecified atom stereocenters. The second-order valence-electron chi connectivity index (χ2n) is 4.24. The predicted molar refractivity (Wildman–Crippen MR) is 66.5 cm³/mol. The summed E-state index contributed by atoms with van der Waals surface area (Å²) in [6, 6.07) is 9.86. The first kappa shape index (κ1) is 10.0. The summed E-state index contributed by atoms with van der Waals surface area (Å²) in [6.07, 6.45) is 5.84. The maximum atomic E-state index is 11.8. The van der Waals surface area contributed by atoms with Crippen molar-refractivity contribution in [3.8, 4) is 0 Å². The van der Waals surface area contributed by atoms with Crippen molar-refractivity contribution in [2.45, 2.75) is 0 Å². The van der Waals surface area contributed by atoms with Gasteiger partial charge in [-0.05, 0) is 5.56 Å². The molecule has 2 aliphatic heterocycles. The molecule has 0 bridgehead atoms. The number of hydrogen-bond donors (Lipinski definition) is 0. The van der Waals surface area contributed by atoms with Crippen LogP contribution in [0.2, 0.25) is 0 Å². The third-order valence-corrected chi connectivity index (χ3v) is 3.02. The molecule has 2 aliphatic rings. The number of carbonyl (C=O) groups excluding carboxylic acids is 1. The molecule has 1 aromatic carbocycles. The van der Waals surface area contributed by atoms with Gasteiger partial charge in [-0.1, -0.05) is 36.4 Å². The van der Waals surface area contributed by atoms with Gasteiger partial charge in [-0.2, -0.15) is 0 Å². The molecule has 3 rings (SSSR count). The molecule has 3 nitrogen and oxygen atoms in total. The Morgan fingerprint density at radius 2 is 2.00 bits per heavy atom. The normalized spacial score (nSPS) is 22.3. The van der Waals surface area contributed by atoms with Gasteiger partial charge in [0.15, 0.2) is 0 Å². The predicted octanol–water partition coefficient (Wildman–Crippen LogP) is 1.98. The highest BCUT2D eigenvalue weighted by Gasteiger charge is 2.33. The number of nitrogens with zero attached hydrogens (tertiary/aromatic N) is 2. The van der Waals surface area contributed by atoms with Crippen LogP contribution in [0.15, 0.2) is 59.4 Å². The number of rotatable bonds is 1. The Bertz CT molecular complexity index is 555. The molecule has 17 heavy (non-hydrogen) atoms. The van der Waals surface area contributed by atoms with Crippen molar-refractivity contribution in [1.82, 2.24) is 4.90 Å². The lowest BCUT2D eigenvalue weighted by molar-refractivity contribution is -0.114. The second-order valence-corrected chi connectivity index (χ2v) is 4.24. The molecule has 0 fully saturated rings. The van der Waals surface area contributed by atoms with Crippen molar-refractivity contribution in [2.24, 2.45) is 10.9 Å². The second kappa shape index (κ2) is 3.70. The van der Waals surface area contributed by atoms with E-state index in [1.54, 1.807) is 0 Å². The van der Waals surface area contributed by atoms with Gasteiger partial charge in [-0.25, -0.2) is 4.99 Å². The van der Waals surface area contributed by atoms with E-state index < -0.39 is 0 Å². The molecule has 0 saturated heterocycles. The van der Waals surface area contributed by atoms with Gasteiger partial charge in [0.2, 0.25) is 0 Å². The average molecular weight is 224 g/mol. The van der Waals surface area contributed by atoms with Gasteiger partial charge in [-0.15, -0.1) is 0 Å². The van der Waals surface area contributed by atoms with Crippen LogP contribution in [-0.2, 0) is 4.79 Å². The van der Waals surface area contributed by atoms with Gasteiger partial charge >= 0.3 is 0 Å². The Hall–Kier alpha value is -2.16. The molecule has 1 amide bonds. The summed E-state index contributed by atoms with van der Waals surface area (Å²) in [5, 5.41) is 0. The third-order valence-electron chi connectivity index (χ3n) is 3.02. The van der Waals surface area contributed by atoms with Gasteiger partial charge in [0.25, 0.3) is 5.91 Å². The van der Waals surface area contributed by atoms with Crippen LogP contribution in [0.5, 0.6) is 0 Å². The molecular weight excluding hydrogens is 212 g/mol. The SMILES string of the molecule is CN1C=CC2C(=C1)C(=O)N=C2c1ccccc1. The molecule has 84 valence electrons. The topological polar surface area (TPSA) is 32.7 Å². The molecule has 0 aliphatic carbocycles. The molecular formula is C14H12N2O. The number of hydrogen-bond acceptors (Lipinski definition) is 2. The summed E-state index contributed by atoms with van der Waals surface area (Å²) in [7, 11) is 1.91. The zero-order valence-corrected chi connectivity index (χ0v) is 9.50. The van der Waals surface area contributed by atoms with Gasteiger partial charge in [0.1, 0.15) is 0 Å². The van der Waals surface area contributed by atoms with Gasteiger partial charge in [0.05, 0.1) is 11.6 Å². The Balaban J connectivity index is 2.04. The van der Waals surface area contributed by atoms with Crippen LogP contribution in [0.3, 0.4) is 0 Å². The van der Waals surface area contributed by atoms with Crippen LogP contribution in [0.4, 0.5) is 0 Å². The van der Waals surface area contributed by atoms with E-state index in [2.05, 4.69) is 4.99 Å². The number of carbonyl (C=O) groups is 1. The lowest BCUT2D eigenvalue weighted by atomic mass is 9.91. The zero-order valence-electron chi connectivity index (χ0n) is 9.50. The minimum atomic E-state index is -0.120.